The van der Waals surface area contributed by atoms with E-state index in [1.165, 1.54) is 5.56 Å². The van der Waals surface area contributed by atoms with Gasteiger partial charge < -0.3 is 24.6 Å². The molecule has 1 N–H and O–H groups in total. The Labute approximate surface area is 229 Å². The highest BCUT2D eigenvalue weighted by Gasteiger charge is 2.29. The molecule has 0 atom stereocenters. The number of pyridine rings is 1. The Balaban J connectivity index is 1.28. The highest BCUT2D eigenvalue weighted by molar-refractivity contribution is 5.70. The van der Waals surface area contributed by atoms with Gasteiger partial charge in [0.25, 0.3) is 0 Å². The fourth-order valence-electron chi connectivity index (χ4n) is 5.01. The zero-order valence-corrected chi connectivity index (χ0v) is 23.7. The number of piperazine rings is 1. The standard InChI is InChI=1S/C28H38N8O3/c1-18(2)36-25-21(22(33-36)17-38-6)9-7-19-15-30-26(32-24(19)25)31-23-10-8-20(16-29-23)34-11-13-35(14-12-34)27(37)39-28(3,4)5/h8,10,15-16,18H,7,9,11-14,17H2,1-6H3,(H,29,30,31,32). The number of fused-ring (bicyclic) bond motifs is 3. The Bertz CT molecular complexity index is 1320. The van der Waals surface area contributed by atoms with Crippen LogP contribution in [0.1, 0.15) is 57.5 Å². The topological polar surface area (TPSA) is 111 Å². The molecule has 3 aromatic rings. The highest BCUT2D eigenvalue weighted by Crippen LogP contribution is 2.36. The monoisotopic (exact) mass is 534 g/mol. The van der Waals surface area contributed by atoms with Gasteiger partial charge in [0.1, 0.15) is 11.4 Å². The number of carbonyl (C=O) groups is 1. The van der Waals surface area contributed by atoms with Crippen LogP contribution in [0.5, 0.6) is 0 Å². The Morgan fingerprint density at radius 3 is 2.49 bits per heavy atom. The molecule has 1 saturated heterocycles. The number of methoxy groups -OCH3 is 1. The number of anilines is 3. The van der Waals surface area contributed by atoms with Gasteiger partial charge in [-0.25, -0.2) is 19.7 Å². The minimum absolute atomic E-state index is 0.196. The normalized spacial score (nSPS) is 15.3. The number of rotatable bonds is 6. The Hall–Kier alpha value is -3.73. The second-order valence-electron chi connectivity index (χ2n) is 11.3. The summed E-state index contributed by atoms with van der Waals surface area (Å²) < 4.78 is 13.0. The molecule has 11 heteroatoms. The molecule has 1 aliphatic carbocycles. The van der Waals surface area contributed by atoms with E-state index >= 15 is 0 Å². The third-order valence-corrected chi connectivity index (χ3v) is 6.88. The van der Waals surface area contributed by atoms with E-state index in [9.17, 15) is 4.79 Å². The van der Waals surface area contributed by atoms with Crippen molar-refractivity contribution in [2.75, 3.05) is 43.5 Å². The second kappa shape index (κ2) is 10.8. The van der Waals surface area contributed by atoms with Crippen LogP contribution in [-0.2, 0) is 28.9 Å². The van der Waals surface area contributed by atoms with E-state index in [0.717, 1.165) is 54.3 Å². The lowest BCUT2D eigenvalue weighted by Gasteiger charge is -2.36. The Morgan fingerprint density at radius 2 is 1.85 bits per heavy atom. The molecular formula is C28H38N8O3. The maximum atomic E-state index is 12.4. The van der Waals surface area contributed by atoms with E-state index in [1.807, 2.05) is 50.0 Å². The van der Waals surface area contributed by atoms with Gasteiger partial charge in [-0.1, -0.05) is 0 Å². The third-order valence-electron chi connectivity index (χ3n) is 6.88. The van der Waals surface area contributed by atoms with Crippen LogP contribution < -0.4 is 10.2 Å². The zero-order chi connectivity index (χ0) is 27.7. The fraction of sp³-hybridized carbons (Fsp3) is 0.536. The first-order chi connectivity index (χ1) is 18.6. The van der Waals surface area contributed by atoms with Crippen LogP contribution in [0.3, 0.4) is 0 Å². The van der Waals surface area contributed by atoms with Crippen LogP contribution in [0.15, 0.2) is 24.5 Å². The van der Waals surface area contributed by atoms with Gasteiger partial charge in [-0.3, -0.25) is 4.68 Å². The molecule has 0 radical (unpaired) electrons. The van der Waals surface area contributed by atoms with Crippen molar-refractivity contribution in [2.45, 2.75) is 65.7 Å². The minimum Gasteiger partial charge on any atom is -0.444 e. The number of hydrogen-bond acceptors (Lipinski definition) is 9. The summed E-state index contributed by atoms with van der Waals surface area (Å²) in [5, 5.41) is 8.11. The fourth-order valence-corrected chi connectivity index (χ4v) is 5.01. The number of aryl methyl sites for hydroxylation is 1. The lowest BCUT2D eigenvalue weighted by molar-refractivity contribution is 0.0240. The number of nitrogens with zero attached hydrogens (tertiary/aromatic N) is 7. The molecular weight excluding hydrogens is 496 g/mol. The molecule has 5 rings (SSSR count). The predicted molar refractivity (Wildman–Crippen MR) is 149 cm³/mol. The van der Waals surface area contributed by atoms with Crippen LogP contribution in [0.25, 0.3) is 11.4 Å². The first kappa shape index (κ1) is 26.9. The average Bonchev–Trinajstić information content (AvgIpc) is 3.28. The maximum Gasteiger partial charge on any atom is 0.410 e. The van der Waals surface area contributed by atoms with Gasteiger partial charge in [0.2, 0.25) is 5.95 Å². The Kier molecular flexibility index (Phi) is 7.44. The zero-order valence-electron chi connectivity index (χ0n) is 23.7. The minimum atomic E-state index is -0.492. The summed E-state index contributed by atoms with van der Waals surface area (Å²) >= 11 is 0. The molecule has 3 aromatic heterocycles. The molecule has 1 amide bonds. The molecule has 39 heavy (non-hydrogen) atoms. The first-order valence-corrected chi connectivity index (χ1v) is 13.5. The van der Waals surface area contributed by atoms with Crippen molar-refractivity contribution in [2.24, 2.45) is 0 Å². The van der Waals surface area contributed by atoms with Crippen LogP contribution in [0.2, 0.25) is 0 Å². The van der Waals surface area contributed by atoms with E-state index in [0.29, 0.717) is 31.5 Å². The molecule has 208 valence electrons. The summed E-state index contributed by atoms with van der Waals surface area (Å²) in [5.41, 5.74) is 5.78. The molecule has 0 unspecified atom stereocenters. The number of nitrogens with one attached hydrogen (secondary N) is 1. The summed E-state index contributed by atoms with van der Waals surface area (Å²) in [6.07, 6.45) is 5.26. The second-order valence-corrected chi connectivity index (χ2v) is 11.3. The number of aromatic nitrogens is 5. The summed E-state index contributed by atoms with van der Waals surface area (Å²) in [6.45, 7) is 13.1. The lowest BCUT2D eigenvalue weighted by Crippen LogP contribution is -2.50. The van der Waals surface area contributed by atoms with Gasteiger partial charge in [0.05, 0.1) is 35.6 Å². The van der Waals surface area contributed by atoms with E-state index in [-0.39, 0.29) is 12.1 Å². The summed E-state index contributed by atoms with van der Waals surface area (Å²) in [5.74, 6) is 1.16. The largest absolute Gasteiger partial charge is 0.444 e. The quantitative estimate of drug-likeness (QED) is 0.493. The van der Waals surface area contributed by atoms with Crippen molar-refractivity contribution >= 4 is 23.5 Å². The van der Waals surface area contributed by atoms with E-state index in [1.54, 1.807) is 12.0 Å². The average molecular weight is 535 g/mol. The number of ether oxygens (including phenoxy) is 2. The van der Waals surface area contributed by atoms with E-state index in [2.05, 4.69) is 34.0 Å². The van der Waals surface area contributed by atoms with Gasteiger partial charge in [-0.2, -0.15) is 5.10 Å². The van der Waals surface area contributed by atoms with Crippen LogP contribution in [0.4, 0.5) is 22.2 Å². The molecule has 1 fully saturated rings. The lowest BCUT2D eigenvalue weighted by atomic mass is 9.93. The van der Waals surface area contributed by atoms with Crippen LogP contribution in [0, 0.1) is 0 Å². The summed E-state index contributed by atoms with van der Waals surface area (Å²) in [4.78, 5) is 30.4. The highest BCUT2D eigenvalue weighted by atomic mass is 16.6. The van der Waals surface area contributed by atoms with Gasteiger partial charge in [-0.15, -0.1) is 0 Å². The van der Waals surface area contributed by atoms with Crippen molar-refractivity contribution in [3.63, 3.8) is 0 Å². The Morgan fingerprint density at radius 1 is 1.08 bits per heavy atom. The van der Waals surface area contributed by atoms with Crippen molar-refractivity contribution in [1.82, 2.24) is 29.6 Å². The molecule has 1 aliphatic heterocycles. The molecule has 11 nitrogen and oxygen atoms in total. The smallest absolute Gasteiger partial charge is 0.410 e. The van der Waals surface area contributed by atoms with Crippen molar-refractivity contribution in [1.29, 1.82) is 0 Å². The van der Waals surface area contributed by atoms with Gasteiger partial charge in [-0.05, 0) is 65.2 Å². The number of amides is 1. The molecule has 0 saturated carbocycles. The van der Waals surface area contributed by atoms with Crippen molar-refractivity contribution < 1.29 is 14.3 Å². The van der Waals surface area contributed by atoms with E-state index in [4.69, 9.17) is 19.6 Å². The van der Waals surface area contributed by atoms with Gasteiger partial charge in [0.15, 0.2) is 0 Å². The van der Waals surface area contributed by atoms with Gasteiger partial charge >= 0.3 is 6.09 Å². The maximum absolute atomic E-state index is 12.4. The van der Waals surface area contributed by atoms with Crippen LogP contribution in [-0.4, -0.2) is 74.6 Å². The molecule has 0 bridgehead atoms. The first-order valence-electron chi connectivity index (χ1n) is 13.5. The molecule has 2 aliphatic rings. The van der Waals surface area contributed by atoms with Crippen molar-refractivity contribution in [3.05, 3.63) is 41.3 Å². The van der Waals surface area contributed by atoms with Crippen molar-refractivity contribution in [3.8, 4) is 11.4 Å². The van der Waals surface area contributed by atoms with E-state index < -0.39 is 5.60 Å². The summed E-state index contributed by atoms with van der Waals surface area (Å²) in [7, 11) is 1.70. The SMILES string of the molecule is COCc1nn(C(C)C)c2c1CCc1cnc(Nc3ccc(N4CCN(C(=O)OC(C)(C)C)CC4)cn3)nc1-2. The molecule has 0 spiro atoms. The molecule has 0 aromatic carbocycles. The third kappa shape index (κ3) is 5.83. The number of carbonyl (C=O) groups excluding carboxylic acids is 1. The molecule has 4 heterocycles. The summed E-state index contributed by atoms with van der Waals surface area (Å²) in [6, 6.07) is 4.15. The number of hydrogen-bond donors (Lipinski definition) is 1. The van der Waals surface area contributed by atoms with Gasteiger partial charge in [0, 0.05) is 51.1 Å². The predicted octanol–water partition coefficient (Wildman–Crippen LogP) is 4.36. The van der Waals surface area contributed by atoms with Crippen LogP contribution >= 0.6 is 0 Å².